The molecule has 16 heavy (non-hydrogen) atoms. The van der Waals surface area contributed by atoms with Crippen LogP contribution in [0, 0.1) is 11.3 Å². The van der Waals surface area contributed by atoms with Gasteiger partial charge in [-0.05, 0) is 24.2 Å². The van der Waals surface area contributed by atoms with Gasteiger partial charge in [-0.15, -0.1) is 0 Å². The molecule has 1 aliphatic carbocycles. The molecule has 0 aromatic rings. The Bertz CT molecular complexity index is 265. The van der Waals surface area contributed by atoms with Crippen molar-refractivity contribution in [3.05, 3.63) is 11.6 Å². The second-order valence-corrected chi connectivity index (χ2v) is 5.79. The van der Waals surface area contributed by atoms with E-state index in [-0.39, 0.29) is 11.4 Å². The van der Waals surface area contributed by atoms with Crippen LogP contribution < -0.4 is 0 Å². The van der Waals surface area contributed by atoms with E-state index in [0.29, 0.717) is 5.92 Å². The lowest BCUT2D eigenvalue weighted by atomic mass is 9.80. The first-order valence-electron chi connectivity index (χ1n) is 6.25. The molecule has 1 rings (SSSR count). The van der Waals surface area contributed by atoms with Crippen molar-refractivity contribution in [3.8, 4) is 0 Å². The van der Waals surface area contributed by atoms with E-state index in [1.165, 1.54) is 26.4 Å². The molecule has 0 aliphatic heterocycles. The van der Waals surface area contributed by atoms with Gasteiger partial charge in [-0.25, -0.2) is 4.79 Å². The van der Waals surface area contributed by atoms with Gasteiger partial charge in [0.05, 0.1) is 7.11 Å². The third-order valence-electron chi connectivity index (χ3n) is 3.05. The molecule has 0 spiro atoms. The normalized spacial score (nSPS) is 19.6. The van der Waals surface area contributed by atoms with Gasteiger partial charge in [0.15, 0.2) is 0 Å². The molecule has 1 fully saturated rings. The molecular formula is C14H24O2. The Kier molecular flexibility index (Phi) is 4.57. The molecule has 0 amide bonds. The van der Waals surface area contributed by atoms with Gasteiger partial charge in [0, 0.05) is 5.57 Å². The van der Waals surface area contributed by atoms with E-state index >= 15 is 0 Å². The van der Waals surface area contributed by atoms with Crippen LogP contribution in [-0.2, 0) is 9.53 Å². The van der Waals surface area contributed by atoms with Crippen molar-refractivity contribution < 1.29 is 9.53 Å². The number of methoxy groups -OCH3 is 1. The minimum atomic E-state index is -0.137. The maximum Gasteiger partial charge on any atom is 0.333 e. The zero-order chi connectivity index (χ0) is 12.2. The second-order valence-electron chi connectivity index (χ2n) is 5.79. The maximum atomic E-state index is 11.8. The van der Waals surface area contributed by atoms with Crippen molar-refractivity contribution in [2.45, 2.75) is 52.9 Å². The van der Waals surface area contributed by atoms with Crippen molar-refractivity contribution in [1.82, 2.24) is 0 Å². The van der Waals surface area contributed by atoms with Crippen molar-refractivity contribution >= 4 is 5.97 Å². The molecule has 0 bridgehead atoms. The SMILES string of the molecule is COC(=O)C(=CC(C)(C)C)C1CCCCC1. The number of allylic oxidation sites excluding steroid dienone is 1. The largest absolute Gasteiger partial charge is 0.466 e. The monoisotopic (exact) mass is 224 g/mol. The van der Waals surface area contributed by atoms with Crippen LogP contribution in [0.15, 0.2) is 11.6 Å². The van der Waals surface area contributed by atoms with Crippen molar-refractivity contribution in [3.63, 3.8) is 0 Å². The van der Waals surface area contributed by atoms with Gasteiger partial charge >= 0.3 is 5.97 Å². The topological polar surface area (TPSA) is 26.3 Å². The summed E-state index contributed by atoms with van der Waals surface area (Å²) in [4.78, 5) is 11.8. The number of carbonyl (C=O) groups excluding carboxylic acids is 1. The Hall–Kier alpha value is -0.790. The third kappa shape index (κ3) is 3.99. The molecule has 92 valence electrons. The fraction of sp³-hybridized carbons (Fsp3) is 0.786. The summed E-state index contributed by atoms with van der Waals surface area (Å²) in [7, 11) is 1.47. The van der Waals surface area contributed by atoms with Crippen LogP contribution in [0.1, 0.15) is 52.9 Å². The van der Waals surface area contributed by atoms with Crippen molar-refractivity contribution in [1.29, 1.82) is 0 Å². The quantitative estimate of drug-likeness (QED) is 0.528. The lowest BCUT2D eigenvalue weighted by Gasteiger charge is -2.25. The Morgan fingerprint density at radius 1 is 1.19 bits per heavy atom. The number of hydrogen-bond donors (Lipinski definition) is 0. The van der Waals surface area contributed by atoms with E-state index in [1.807, 2.05) is 0 Å². The molecule has 2 heteroatoms. The number of esters is 1. The molecule has 2 nitrogen and oxygen atoms in total. The predicted octanol–water partition coefficient (Wildman–Crippen LogP) is 3.71. The standard InChI is InChI=1S/C14H24O2/c1-14(2,3)10-12(13(15)16-4)11-8-6-5-7-9-11/h10-11H,5-9H2,1-4H3. The highest BCUT2D eigenvalue weighted by Crippen LogP contribution is 2.32. The molecule has 0 N–H and O–H groups in total. The number of carbonyl (C=O) groups is 1. The van der Waals surface area contributed by atoms with Crippen LogP contribution >= 0.6 is 0 Å². The van der Waals surface area contributed by atoms with Crippen LogP contribution in [0.5, 0.6) is 0 Å². The van der Waals surface area contributed by atoms with Gasteiger partial charge in [-0.2, -0.15) is 0 Å². The summed E-state index contributed by atoms with van der Waals surface area (Å²) in [5.74, 6) is 0.280. The Balaban J connectivity index is 2.86. The van der Waals surface area contributed by atoms with E-state index in [2.05, 4.69) is 26.8 Å². The summed E-state index contributed by atoms with van der Waals surface area (Å²) in [5.41, 5.74) is 0.940. The van der Waals surface area contributed by atoms with E-state index in [4.69, 9.17) is 4.74 Å². The van der Waals surface area contributed by atoms with Gasteiger partial charge in [-0.1, -0.05) is 46.1 Å². The molecule has 1 aliphatic rings. The van der Waals surface area contributed by atoms with E-state index in [0.717, 1.165) is 18.4 Å². The highest BCUT2D eigenvalue weighted by molar-refractivity contribution is 5.89. The Morgan fingerprint density at radius 2 is 1.75 bits per heavy atom. The first-order chi connectivity index (χ1) is 7.44. The summed E-state index contributed by atoms with van der Waals surface area (Å²) in [6.07, 6.45) is 8.15. The first kappa shape index (κ1) is 13.3. The highest BCUT2D eigenvalue weighted by atomic mass is 16.5. The molecule has 0 saturated heterocycles. The van der Waals surface area contributed by atoms with Crippen LogP contribution in [-0.4, -0.2) is 13.1 Å². The van der Waals surface area contributed by atoms with Crippen LogP contribution in [0.3, 0.4) is 0 Å². The minimum absolute atomic E-state index is 0.0426. The van der Waals surface area contributed by atoms with E-state index in [9.17, 15) is 4.79 Å². The average molecular weight is 224 g/mol. The van der Waals surface area contributed by atoms with Gasteiger partial charge in [-0.3, -0.25) is 0 Å². The summed E-state index contributed by atoms with van der Waals surface area (Å²) in [6.45, 7) is 6.37. The van der Waals surface area contributed by atoms with Gasteiger partial charge in [0.1, 0.15) is 0 Å². The van der Waals surface area contributed by atoms with Crippen molar-refractivity contribution in [2.24, 2.45) is 11.3 Å². The van der Waals surface area contributed by atoms with Gasteiger partial charge < -0.3 is 4.74 Å². The number of hydrogen-bond acceptors (Lipinski definition) is 2. The van der Waals surface area contributed by atoms with Crippen molar-refractivity contribution in [2.75, 3.05) is 7.11 Å². The van der Waals surface area contributed by atoms with Gasteiger partial charge in [0.25, 0.3) is 0 Å². The summed E-state index contributed by atoms with van der Waals surface area (Å²) >= 11 is 0. The summed E-state index contributed by atoms with van der Waals surface area (Å²) in [5, 5.41) is 0. The first-order valence-corrected chi connectivity index (χ1v) is 6.25. The smallest absolute Gasteiger partial charge is 0.333 e. The van der Waals surface area contributed by atoms with Crippen LogP contribution in [0.4, 0.5) is 0 Å². The molecule has 0 heterocycles. The summed E-state index contributed by atoms with van der Waals surface area (Å²) in [6, 6.07) is 0. The highest BCUT2D eigenvalue weighted by Gasteiger charge is 2.25. The molecular weight excluding hydrogens is 200 g/mol. The molecule has 1 saturated carbocycles. The lowest BCUT2D eigenvalue weighted by molar-refractivity contribution is -0.137. The van der Waals surface area contributed by atoms with Gasteiger partial charge in [0.2, 0.25) is 0 Å². The summed E-state index contributed by atoms with van der Waals surface area (Å²) < 4.78 is 4.90. The predicted molar refractivity (Wildman–Crippen MR) is 66.1 cm³/mol. The molecule has 0 unspecified atom stereocenters. The minimum Gasteiger partial charge on any atom is -0.466 e. The molecule has 0 aromatic heterocycles. The second kappa shape index (κ2) is 5.51. The molecule has 0 radical (unpaired) electrons. The zero-order valence-electron chi connectivity index (χ0n) is 11.0. The molecule has 0 atom stereocenters. The van der Waals surface area contributed by atoms with Crippen LogP contribution in [0.2, 0.25) is 0 Å². The van der Waals surface area contributed by atoms with Crippen LogP contribution in [0.25, 0.3) is 0 Å². The van der Waals surface area contributed by atoms with E-state index in [1.54, 1.807) is 0 Å². The van der Waals surface area contributed by atoms with E-state index < -0.39 is 0 Å². The number of rotatable bonds is 2. The molecule has 0 aromatic carbocycles. The Morgan fingerprint density at radius 3 is 2.19 bits per heavy atom. The fourth-order valence-corrected chi connectivity index (χ4v) is 2.34. The maximum absolute atomic E-state index is 11.8. The fourth-order valence-electron chi connectivity index (χ4n) is 2.34. The zero-order valence-corrected chi connectivity index (χ0v) is 11.0. The average Bonchev–Trinajstić information content (AvgIpc) is 2.25. The third-order valence-corrected chi connectivity index (χ3v) is 3.05. The lowest BCUT2D eigenvalue weighted by Crippen LogP contribution is -2.19. The number of ether oxygens (including phenoxy) is 1. The Labute approximate surface area is 99.1 Å².